The lowest BCUT2D eigenvalue weighted by atomic mass is 10.1. The fourth-order valence-corrected chi connectivity index (χ4v) is 3.64. The Balaban J connectivity index is 1.53. The molecule has 0 aliphatic heterocycles. The number of aryl methyl sites for hydroxylation is 3. The average molecular weight is 363 g/mol. The van der Waals surface area contributed by atoms with Gasteiger partial charge in [0.05, 0.1) is 11.4 Å². The third-order valence-corrected chi connectivity index (χ3v) is 4.96. The fraction of sp³-hybridized carbons (Fsp3) is 0.273. The molecule has 1 aromatic heterocycles. The second-order valence-electron chi connectivity index (χ2n) is 7.42. The predicted octanol–water partition coefficient (Wildman–Crippen LogP) is 4.68. The Morgan fingerprint density at radius 3 is 2.41 bits per heavy atom. The summed E-state index contributed by atoms with van der Waals surface area (Å²) in [4.78, 5) is 12.7. The van der Waals surface area contributed by atoms with Gasteiger partial charge in [-0.2, -0.15) is 5.10 Å². The zero-order valence-electron chi connectivity index (χ0n) is 15.7. The van der Waals surface area contributed by atoms with Gasteiger partial charge in [-0.1, -0.05) is 18.2 Å². The fourth-order valence-electron chi connectivity index (χ4n) is 3.64. The number of amides is 1. The van der Waals surface area contributed by atoms with E-state index >= 15 is 0 Å². The number of nitrogens with zero attached hydrogens (tertiary/aromatic N) is 2. The number of aromatic nitrogens is 2. The van der Waals surface area contributed by atoms with E-state index in [0.29, 0.717) is 5.82 Å². The van der Waals surface area contributed by atoms with Crippen LogP contribution in [0, 0.1) is 32.5 Å². The molecule has 2 aromatic carbocycles. The van der Waals surface area contributed by atoms with Gasteiger partial charge < -0.3 is 5.32 Å². The number of nitrogens with one attached hydrogen (secondary N) is 1. The molecule has 4 rings (SSSR count). The zero-order chi connectivity index (χ0) is 19.1. The Morgan fingerprint density at radius 1 is 1.07 bits per heavy atom. The van der Waals surface area contributed by atoms with Crippen LogP contribution >= 0.6 is 0 Å². The van der Waals surface area contributed by atoms with Crippen molar-refractivity contribution in [1.29, 1.82) is 0 Å². The van der Waals surface area contributed by atoms with Crippen LogP contribution in [0.3, 0.4) is 0 Å². The van der Waals surface area contributed by atoms with Crippen molar-refractivity contribution in [2.75, 3.05) is 5.32 Å². The third-order valence-electron chi connectivity index (χ3n) is 4.96. The summed E-state index contributed by atoms with van der Waals surface area (Å²) in [5, 5.41) is 7.57. The molecule has 27 heavy (non-hydrogen) atoms. The van der Waals surface area contributed by atoms with Crippen molar-refractivity contribution >= 4 is 11.7 Å². The highest BCUT2D eigenvalue weighted by atomic mass is 19.1. The van der Waals surface area contributed by atoms with E-state index < -0.39 is 0 Å². The summed E-state index contributed by atoms with van der Waals surface area (Å²) >= 11 is 0. The number of anilines is 1. The molecule has 0 saturated heterocycles. The molecule has 1 amide bonds. The van der Waals surface area contributed by atoms with Crippen molar-refractivity contribution in [3.05, 3.63) is 76.7 Å². The molecule has 1 heterocycles. The Hall–Kier alpha value is -2.95. The number of halogens is 1. The second-order valence-corrected chi connectivity index (χ2v) is 7.42. The van der Waals surface area contributed by atoms with Gasteiger partial charge in [-0.3, -0.25) is 4.79 Å². The number of hydrogen-bond acceptors (Lipinski definition) is 2. The quantitative estimate of drug-likeness (QED) is 0.732. The molecule has 0 spiro atoms. The molecular weight excluding hydrogens is 341 g/mol. The highest BCUT2D eigenvalue weighted by molar-refractivity contribution is 5.94. The van der Waals surface area contributed by atoms with Crippen LogP contribution in [0.25, 0.3) is 5.69 Å². The van der Waals surface area contributed by atoms with Gasteiger partial charge in [0.1, 0.15) is 11.6 Å². The number of carbonyl (C=O) groups is 1. The first-order valence-corrected chi connectivity index (χ1v) is 9.12. The average Bonchev–Trinajstić information content (AvgIpc) is 3.32. The van der Waals surface area contributed by atoms with E-state index in [0.717, 1.165) is 34.5 Å². The lowest BCUT2D eigenvalue weighted by molar-refractivity contribution is -0.117. The molecule has 0 bridgehead atoms. The molecule has 3 aromatic rings. The highest BCUT2D eigenvalue weighted by Crippen LogP contribution is 2.48. The Morgan fingerprint density at radius 2 is 1.74 bits per heavy atom. The molecule has 2 atom stereocenters. The van der Waals surface area contributed by atoms with E-state index in [-0.39, 0.29) is 23.6 Å². The van der Waals surface area contributed by atoms with Gasteiger partial charge in [0.15, 0.2) is 0 Å². The summed E-state index contributed by atoms with van der Waals surface area (Å²) in [6, 6.07) is 14.5. The van der Waals surface area contributed by atoms with E-state index in [1.165, 1.54) is 12.1 Å². The third kappa shape index (κ3) is 3.63. The van der Waals surface area contributed by atoms with Crippen molar-refractivity contribution in [2.24, 2.45) is 5.92 Å². The van der Waals surface area contributed by atoms with Gasteiger partial charge >= 0.3 is 0 Å². The molecule has 2 unspecified atom stereocenters. The standard InChI is InChI=1S/C22H22FN3O/c1-13-8-14(2)10-18(9-13)26-21(11-15(3)25-26)24-22(27)20-12-19(20)16-4-6-17(23)7-5-16/h4-11,19-20H,12H2,1-3H3,(H,24,27). The summed E-state index contributed by atoms with van der Waals surface area (Å²) in [7, 11) is 0. The molecule has 138 valence electrons. The first kappa shape index (κ1) is 17.5. The van der Waals surface area contributed by atoms with E-state index in [9.17, 15) is 9.18 Å². The van der Waals surface area contributed by atoms with Gasteiger partial charge in [0.2, 0.25) is 5.91 Å². The van der Waals surface area contributed by atoms with Crippen LogP contribution < -0.4 is 5.32 Å². The molecule has 1 N–H and O–H groups in total. The van der Waals surface area contributed by atoms with Crippen molar-refractivity contribution in [3.8, 4) is 5.69 Å². The van der Waals surface area contributed by atoms with Gasteiger partial charge in [-0.15, -0.1) is 0 Å². The Bertz CT molecular complexity index is 987. The molecule has 1 aliphatic rings. The van der Waals surface area contributed by atoms with Crippen LogP contribution in [0.2, 0.25) is 0 Å². The van der Waals surface area contributed by atoms with Crippen molar-refractivity contribution in [2.45, 2.75) is 33.1 Å². The van der Waals surface area contributed by atoms with Gasteiger partial charge in [0, 0.05) is 12.0 Å². The maximum Gasteiger partial charge on any atom is 0.229 e. The summed E-state index contributed by atoms with van der Waals surface area (Å²) in [6.07, 6.45) is 0.786. The normalized spacial score (nSPS) is 18.4. The van der Waals surface area contributed by atoms with E-state index in [4.69, 9.17) is 0 Å². The molecule has 0 radical (unpaired) electrons. The SMILES string of the molecule is Cc1cc(C)cc(-n2nc(C)cc2NC(=O)C2CC2c2ccc(F)cc2)c1. The van der Waals surface area contributed by atoms with E-state index in [1.54, 1.807) is 16.8 Å². The Kier molecular flexibility index (Phi) is 4.30. The number of benzene rings is 2. The van der Waals surface area contributed by atoms with Crippen LogP contribution in [0.5, 0.6) is 0 Å². The van der Waals surface area contributed by atoms with Crippen LogP contribution in [-0.2, 0) is 4.79 Å². The minimum absolute atomic E-state index is 0.0187. The van der Waals surface area contributed by atoms with Crippen LogP contribution in [-0.4, -0.2) is 15.7 Å². The molecule has 4 nitrogen and oxygen atoms in total. The molecule has 1 fully saturated rings. The summed E-state index contributed by atoms with van der Waals surface area (Å²) in [6.45, 7) is 6.00. The largest absolute Gasteiger partial charge is 0.310 e. The second kappa shape index (κ2) is 6.65. The van der Waals surface area contributed by atoms with Gasteiger partial charge in [-0.05, 0) is 74.1 Å². The minimum atomic E-state index is -0.256. The smallest absolute Gasteiger partial charge is 0.229 e. The summed E-state index contributed by atoms with van der Waals surface area (Å²) in [5.41, 5.74) is 5.08. The monoisotopic (exact) mass is 363 g/mol. The van der Waals surface area contributed by atoms with Crippen molar-refractivity contribution in [3.63, 3.8) is 0 Å². The Labute approximate surface area is 158 Å². The number of hydrogen-bond donors (Lipinski definition) is 1. The number of carbonyl (C=O) groups excluding carboxylic acids is 1. The maximum atomic E-state index is 13.1. The van der Waals surface area contributed by atoms with Gasteiger partial charge in [0.25, 0.3) is 0 Å². The maximum absolute atomic E-state index is 13.1. The zero-order valence-corrected chi connectivity index (χ0v) is 15.7. The summed E-state index contributed by atoms with van der Waals surface area (Å²) < 4.78 is 14.9. The van der Waals surface area contributed by atoms with Crippen LogP contribution in [0.1, 0.15) is 34.7 Å². The lowest BCUT2D eigenvalue weighted by Crippen LogP contribution is -2.17. The molecule has 1 aliphatic carbocycles. The first-order valence-electron chi connectivity index (χ1n) is 9.12. The van der Waals surface area contributed by atoms with Crippen LogP contribution in [0.15, 0.2) is 48.5 Å². The van der Waals surface area contributed by atoms with E-state index in [1.807, 2.05) is 39.0 Å². The first-order chi connectivity index (χ1) is 12.9. The topological polar surface area (TPSA) is 46.9 Å². The highest BCUT2D eigenvalue weighted by Gasteiger charge is 2.44. The van der Waals surface area contributed by atoms with Crippen molar-refractivity contribution in [1.82, 2.24) is 9.78 Å². The van der Waals surface area contributed by atoms with Crippen molar-refractivity contribution < 1.29 is 9.18 Å². The lowest BCUT2D eigenvalue weighted by Gasteiger charge is -2.10. The number of rotatable bonds is 4. The minimum Gasteiger partial charge on any atom is -0.310 e. The molecule has 1 saturated carbocycles. The molecule has 5 heteroatoms. The van der Waals surface area contributed by atoms with E-state index in [2.05, 4.69) is 16.5 Å². The molecular formula is C22H22FN3O. The predicted molar refractivity (Wildman–Crippen MR) is 104 cm³/mol. The summed E-state index contributed by atoms with van der Waals surface area (Å²) in [5.74, 6) is 0.470. The van der Waals surface area contributed by atoms with Gasteiger partial charge in [-0.25, -0.2) is 9.07 Å². The van der Waals surface area contributed by atoms with Crippen LogP contribution in [0.4, 0.5) is 10.2 Å².